The third-order valence-corrected chi connectivity index (χ3v) is 6.10. The Morgan fingerprint density at radius 2 is 1.86 bits per heavy atom. The Hall–Kier alpha value is -2.55. The van der Waals surface area contributed by atoms with Crippen LogP contribution in [-0.4, -0.2) is 38.7 Å². The zero-order valence-corrected chi connectivity index (χ0v) is 17.2. The number of halogens is 2. The zero-order chi connectivity index (χ0) is 21.2. The molecule has 0 aliphatic carbocycles. The Morgan fingerprint density at radius 3 is 2.48 bits per heavy atom. The highest BCUT2D eigenvalue weighted by atomic mass is 35.5. The molecular formula is C19H16Cl2N2O5S. The van der Waals surface area contributed by atoms with Crippen LogP contribution in [0.2, 0.25) is 10.0 Å². The lowest BCUT2D eigenvalue weighted by molar-refractivity contribution is -0.121. The minimum atomic E-state index is -3.40. The highest BCUT2D eigenvalue weighted by Crippen LogP contribution is 2.28. The van der Waals surface area contributed by atoms with Crippen LogP contribution in [0.15, 0.2) is 53.9 Å². The maximum Gasteiger partial charge on any atom is 0.340 e. The number of anilines is 2. The van der Waals surface area contributed by atoms with Crippen LogP contribution in [0.1, 0.15) is 10.4 Å². The van der Waals surface area contributed by atoms with Crippen LogP contribution in [0.5, 0.6) is 0 Å². The van der Waals surface area contributed by atoms with Gasteiger partial charge in [0.15, 0.2) is 16.4 Å². The minimum Gasteiger partial charge on any atom is -0.452 e. The standard InChI is InChI=1S/C19H16Cl2N2O5S/c20-12-8-15(18(22)16(21)9-12)19(25)28-10-17(24)23(13-4-2-1-3-5-13)14-6-7-29(26,27)11-14/h1-9,14H,10-11,22H2. The number of amides is 1. The van der Waals surface area contributed by atoms with E-state index in [1.807, 2.05) is 0 Å². The minimum absolute atomic E-state index is 0.0155. The summed E-state index contributed by atoms with van der Waals surface area (Å²) in [5.41, 5.74) is 6.17. The molecule has 0 spiro atoms. The van der Waals surface area contributed by atoms with Crippen molar-refractivity contribution in [1.82, 2.24) is 0 Å². The lowest BCUT2D eigenvalue weighted by Crippen LogP contribution is -2.43. The summed E-state index contributed by atoms with van der Waals surface area (Å²) in [6, 6.07) is 10.5. The number of esters is 1. The average Bonchev–Trinajstić information content (AvgIpc) is 3.03. The predicted octanol–water partition coefficient (Wildman–Crippen LogP) is 3.08. The van der Waals surface area contributed by atoms with Gasteiger partial charge in [0.1, 0.15) is 0 Å². The number of benzene rings is 2. The molecule has 1 heterocycles. The third-order valence-electron chi connectivity index (χ3n) is 4.19. The molecule has 0 aromatic heterocycles. The van der Waals surface area contributed by atoms with Gasteiger partial charge in [0.05, 0.1) is 28.1 Å². The van der Waals surface area contributed by atoms with Gasteiger partial charge in [0, 0.05) is 16.1 Å². The number of hydrogen-bond acceptors (Lipinski definition) is 6. The molecule has 29 heavy (non-hydrogen) atoms. The summed E-state index contributed by atoms with van der Waals surface area (Å²) in [4.78, 5) is 26.5. The van der Waals surface area contributed by atoms with Crippen molar-refractivity contribution in [3.8, 4) is 0 Å². The molecule has 1 amide bonds. The summed E-state index contributed by atoms with van der Waals surface area (Å²) in [7, 11) is -3.40. The van der Waals surface area contributed by atoms with Crippen LogP contribution >= 0.6 is 23.2 Å². The molecule has 1 unspecified atom stereocenters. The van der Waals surface area contributed by atoms with Crippen molar-refractivity contribution in [2.45, 2.75) is 6.04 Å². The highest BCUT2D eigenvalue weighted by Gasteiger charge is 2.32. The molecule has 0 saturated heterocycles. The van der Waals surface area contributed by atoms with Gasteiger partial charge in [-0.2, -0.15) is 0 Å². The largest absolute Gasteiger partial charge is 0.452 e. The zero-order valence-electron chi connectivity index (χ0n) is 14.9. The summed E-state index contributed by atoms with van der Waals surface area (Å²) >= 11 is 11.8. The molecule has 2 aromatic carbocycles. The molecule has 0 bridgehead atoms. The van der Waals surface area contributed by atoms with Crippen molar-refractivity contribution >= 4 is 56.3 Å². The topological polar surface area (TPSA) is 107 Å². The summed E-state index contributed by atoms with van der Waals surface area (Å²) in [5, 5.41) is 1.35. The first-order valence-electron chi connectivity index (χ1n) is 8.37. The fraction of sp³-hybridized carbons (Fsp3) is 0.158. The molecule has 7 nitrogen and oxygen atoms in total. The molecule has 3 rings (SSSR count). The fourth-order valence-corrected chi connectivity index (χ4v) is 4.62. The molecule has 152 valence electrons. The maximum absolute atomic E-state index is 12.8. The Morgan fingerprint density at radius 1 is 1.17 bits per heavy atom. The van der Waals surface area contributed by atoms with E-state index in [0.717, 1.165) is 5.41 Å². The Bertz CT molecular complexity index is 1090. The number of nitrogens with two attached hydrogens (primary N) is 1. The fourth-order valence-electron chi connectivity index (χ4n) is 2.86. The first-order valence-corrected chi connectivity index (χ1v) is 10.8. The van der Waals surface area contributed by atoms with Gasteiger partial charge < -0.3 is 15.4 Å². The summed E-state index contributed by atoms with van der Waals surface area (Å²) in [5.74, 6) is -1.72. The Kier molecular flexibility index (Phi) is 6.16. The molecule has 1 atom stereocenters. The second kappa shape index (κ2) is 8.44. The average molecular weight is 455 g/mol. The van der Waals surface area contributed by atoms with Crippen LogP contribution in [0.25, 0.3) is 0 Å². The number of hydrogen-bond donors (Lipinski definition) is 1. The summed E-state index contributed by atoms with van der Waals surface area (Å²) in [6.07, 6.45) is 1.43. The van der Waals surface area contributed by atoms with E-state index < -0.39 is 34.4 Å². The van der Waals surface area contributed by atoms with Crippen molar-refractivity contribution in [2.24, 2.45) is 0 Å². The van der Waals surface area contributed by atoms with Crippen LogP contribution in [0.4, 0.5) is 11.4 Å². The second-order valence-corrected chi connectivity index (χ2v) is 9.02. The third kappa shape index (κ3) is 4.90. The number of para-hydroxylation sites is 1. The summed E-state index contributed by atoms with van der Waals surface area (Å²) in [6.45, 7) is -0.623. The first kappa shape index (κ1) is 21.2. The molecule has 0 saturated carbocycles. The van der Waals surface area contributed by atoms with Crippen LogP contribution < -0.4 is 10.6 Å². The Labute approximate surface area is 177 Å². The molecule has 1 aliphatic heterocycles. The molecule has 0 radical (unpaired) electrons. The van der Waals surface area contributed by atoms with E-state index in [1.165, 1.54) is 23.1 Å². The Balaban J connectivity index is 1.79. The van der Waals surface area contributed by atoms with Gasteiger partial charge in [-0.05, 0) is 30.3 Å². The van der Waals surface area contributed by atoms with E-state index >= 15 is 0 Å². The predicted molar refractivity (Wildman–Crippen MR) is 112 cm³/mol. The van der Waals surface area contributed by atoms with E-state index in [2.05, 4.69) is 0 Å². The number of rotatable bonds is 5. The van der Waals surface area contributed by atoms with Crippen LogP contribution in [0.3, 0.4) is 0 Å². The second-order valence-electron chi connectivity index (χ2n) is 6.25. The van der Waals surface area contributed by atoms with E-state index in [9.17, 15) is 18.0 Å². The number of nitrogens with zero attached hydrogens (tertiary/aromatic N) is 1. The number of nitrogen functional groups attached to an aromatic ring is 1. The summed E-state index contributed by atoms with van der Waals surface area (Å²) < 4.78 is 28.7. The normalized spacial score (nSPS) is 17.1. The molecule has 2 aromatic rings. The maximum atomic E-state index is 12.8. The molecule has 0 fully saturated rings. The van der Waals surface area contributed by atoms with Crippen LogP contribution in [-0.2, 0) is 19.4 Å². The van der Waals surface area contributed by atoms with Gasteiger partial charge in [0.25, 0.3) is 5.91 Å². The lowest BCUT2D eigenvalue weighted by Gasteiger charge is -2.27. The van der Waals surface area contributed by atoms with Crippen molar-refractivity contribution in [3.63, 3.8) is 0 Å². The first-order chi connectivity index (χ1) is 13.7. The highest BCUT2D eigenvalue weighted by molar-refractivity contribution is 7.94. The van der Waals surface area contributed by atoms with Crippen molar-refractivity contribution < 1.29 is 22.7 Å². The van der Waals surface area contributed by atoms with E-state index in [1.54, 1.807) is 30.3 Å². The van der Waals surface area contributed by atoms with Gasteiger partial charge >= 0.3 is 5.97 Å². The molecule has 10 heteroatoms. The van der Waals surface area contributed by atoms with Crippen LogP contribution in [0, 0.1) is 0 Å². The molecule has 1 aliphatic rings. The quantitative estimate of drug-likeness (QED) is 0.549. The molecular weight excluding hydrogens is 439 g/mol. The SMILES string of the molecule is Nc1c(Cl)cc(Cl)cc1C(=O)OCC(=O)N(c1ccccc1)C1C=CS(=O)(=O)C1. The monoisotopic (exact) mass is 454 g/mol. The smallest absolute Gasteiger partial charge is 0.340 e. The van der Waals surface area contributed by atoms with E-state index in [4.69, 9.17) is 33.7 Å². The van der Waals surface area contributed by atoms with Gasteiger partial charge in [-0.1, -0.05) is 41.4 Å². The molecule has 2 N–H and O–H groups in total. The van der Waals surface area contributed by atoms with Gasteiger partial charge in [0.2, 0.25) is 0 Å². The number of carbonyl (C=O) groups excluding carboxylic acids is 2. The van der Waals surface area contributed by atoms with Crippen molar-refractivity contribution in [3.05, 3.63) is 69.6 Å². The van der Waals surface area contributed by atoms with Crippen molar-refractivity contribution in [2.75, 3.05) is 23.0 Å². The van der Waals surface area contributed by atoms with Crippen molar-refractivity contribution in [1.29, 1.82) is 0 Å². The number of sulfone groups is 1. The van der Waals surface area contributed by atoms with E-state index in [-0.39, 0.29) is 27.0 Å². The lowest BCUT2D eigenvalue weighted by atomic mass is 10.2. The van der Waals surface area contributed by atoms with Gasteiger partial charge in [-0.15, -0.1) is 0 Å². The van der Waals surface area contributed by atoms with Gasteiger partial charge in [-0.25, -0.2) is 13.2 Å². The van der Waals surface area contributed by atoms with Gasteiger partial charge in [-0.3, -0.25) is 4.79 Å². The number of carbonyl (C=O) groups is 2. The number of ether oxygens (including phenoxy) is 1. The van der Waals surface area contributed by atoms with E-state index in [0.29, 0.717) is 5.69 Å².